The molecule has 0 atom stereocenters. The summed E-state index contributed by atoms with van der Waals surface area (Å²) in [7, 11) is 0. The number of pyridine rings is 1. The van der Waals surface area contributed by atoms with Gasteiger partial charge in [0.15, 0.2) is 11.0 Å². The van der Waals surface area contributed by atoms with Gasteiger partial charge >= 0.3 is 0 Å². The van der Waals surface area contributed by atoms with Crippen LogP contribution in [0.4, 0.5) is 5.69 Å². The maximum Gasteiger partial charge on any atom is 0.234 e. The number of nitrogens with one attached hydrogen (secondary N) is 1. The molecule has 0 aliphatic heterocycles. The van der Waals surface area contributed by atoms with Gasteiger partial charge in [0, 0.05) is 23.7 Å². The average Bonchev–Trinajstić information content (AvgIpc) is 3.16. The van der Waals surface area contributed by atoms with E-state index in [2.05, 4.69) is 20.5 Å². The molecule has 4 aromatic rings. The van der Waals surface area contributed by atoms with E-state index in [-0.39, 0.29) is 11.7 Å². The third kappa shape index (κ3) is 3.75. The SMILES string of the molecule is CCn1c(SCC(=O)Nc2cccc3cccnc23)nnc1-c1ccccc1. The fourth-order valence-electron chi connectivity index (χ4n) is 3.00. The molecular formula is C21H19N5OS. The first kappa shape index (κ1) is 18.2. The lowest BCUT2D eigenvalue weighted by Crippen LogP contribution is -2.15. The summed E-state index contributed by atoms with van der Waals surface area (Å²) in [4.78, 5) is 16.9. The van der Waals surface area contributed by atoms with Gasteiger partial charge in [-0.15, -0.1) is 10.2 Å². The van der Waals surface area contributed by atoms with Crippen molar-refractivity contribution in [3.63, 3.8) is 0 Å². The largest absolute Gasteiger partial charge is 0.323 e. The highest BCUT2D eigenvalue weighted by Crippen LogP contribution is 2.25. The number of benzene rings is 2. The Morgan fingerprint density at radius 1 is 1.04 bits per heavy atom. The molecule has 0 saturated carbocycles. The molecule has 0 aliphatic carbocycles. The van der Waals surface area contributed by atoms with Crippen LogP contribution in [0.3, 0.4) is 0 Å². The van der Waals surface area contributed by atoms with Crippen LogP contribution in [0.15, 0.2) is 72.0 Å². The van der Waals surface area contributed by atoms with Gasteiger partial charge in [-0.3, -0.25) is 9.78 Å². The van der Waals surface area contributed by atoms with Crippen molar-refractivity contribution in [1.29, 1.82) is 0 Å². The number of thioether (sulfide) groups is 1. The van der Waals surface area contributed by atoms with Gasteiger partial charge in [-0.05, 0) is 19.1 Å². The second-order valence-electron chi connectivity index (χ2n) is 6.13. The van der Waals surface area contributed by atoms with Crippen LogP contribution in [0.25, 0.3) is 22.3 Å². The number of hydrogen-bond donors (Lipinski definition) is 1. The van der Waals surface area contributed by atoms with Crippen molar-refractivity contribution in [2.45, 2.75) is 18.6 Å². The highest BCUT2D eigenvalue weighted by molar-refractivity contribution is 7.99. The number of hydrogen-bond acceptors (Lipinski definition) is 5. The Morgan fingerprint density at radius 2 is 1.86 bits per heavy atom. The van der Waals surface area contributed by atoms with E-state index in [1.54, 1.807) is 6.20 Å². The van der Waals surface area contributed by atoms with Crippen LogP contribution in [0.5, 0.6) is 0 Å². The minimum absolute atomic E-state index is 0.102. The maximum atomic E-state index is 12.5. The Morgan fingerprint density at radius 3 is 2.68 bits per heavy atom. The van der Waals surface area contributed by atoms with Crippen molar-refractivity contribution in [3.8, 4) is 11.4 Å². The number of anilines is 1. The minimum atomic E-state index is -0.102. The Balaban J connectivity index is 1.47. The van der Waals surface area contributed by atoms with E-state index in [9.17, 15) is 4.79 Å². The van der Waals surface area contributed by atoms with Crippen LogP contribution in [-0.2, 0) is 11.3 Å². The number of carbonyl (C=O) groups excluding carboxylic acids is 1. The molecule has 0 radical (unpaired) electrons. The first-order valence-corrected chi connectivity index (χ1v) is 10.00. The summed E-state index contributed by atoms with van der Waals surface area (Å²) in [6.45, 7) is 2.77. The van der Waals surface area contributed by atoms with Gasteiger partial charge in [-0.25, -0.2) is 0 Å². The maximum absolute atomic E-state index is 12.5. The Bertz CT molecular complexity index is 1100. The summed E-state index contributed by atoms with van der Waals surface area (Å²) in [6.07, 6.45) is 1.72. The number of aromatic nitrogens is 4. The van der Waals surface area contributed by atoms with Crippen molar-refractivity contribution in [1.82, 2.24) is 19.7 Å². The van der Waals surface area contributed by atoms with E-state index in [0.717, 1.165) is 34.0 Å². The van der Waals surface area contributed by atoms with Crippen molar-refractivity contribution >= 4 is 34.3 Å². The van der Waals surface area contributed by atoms with Gasteiger partial charge in [0.25, 0.3) is 0 Å². The number of nitrogens with zero attached hydrogens (tertiary/aromatic N) is 4. The number of amides is 1. The second kappa shape index (κ2) is 8.22. The third-order valence-corrected chi connectivity index (χ3v) is 5.27. The van der Waals surface area contributed by atoms with Crippen LogP contribution in [-0.4, -0.2) is 31.4 Å². The molecule has 140 valence electrons. The zero-order valence-corrected chi connectivity index (χ0v) is 16.2. The van der Waals surface area contributed by atoms with Gasteiger partial charge < -0.3 is 9.88 Å². The predicted molar refractivity (Wildman–Crippen MR) is 112 cm³/mol. The third-order valence-electron chi connectivity index (χ3n) is 4.30. The lowest BCUT2D eigenvalue weighted by Gasteiger charge is -2.09. The molecule has 28 heavy (non-hydrogen) atoms. The van der Waals surface area contributed by atoms with Crippen LogP contribution in [0.2, 0.25) is 0 Å². The summed E-state index contributed by atoms with van der Waals surface area (Å²) in [6, 6.07) is 19.5. The monoisotopic (exact) mass is 389 g/mol. The lowest BCUT2D eigenvalue weighted by molar-refractivity contribution is -0.113. The normalized spacial score (nSPS) is 10.9. The number of rotatable bonds is 6. The van der Waals surface area contributed by atoms with Crippen molar-refractivity contribution in [2.75, 3.05) is 11.1 Å². The Hall–Kier alpha value is -3.19. The molecule has 2 aromatic heterocycles. The highest BCUT2D eigenvalue weighted by Gasteiger charge is 2.15. The zero-order valence-electron chi connectivity index (χ0n) is 15.4. The fraction of sp³-hybridized carbons (Fsp3) is 0.143. The molecule has 7 heteroatoms. The van der Waals surface area contributed by atoms with Gasteiger partial charge in [0.2, 0.25) is 5.91 Å². The number of fused-ring (bicyclic) bond motifs is 1. The number of para-hydroxylation sites is 1. The smallest absolute Gasteiger partial charge is 0.234 e. The van der Waals surface area contributed by atoms with E-state index < -0.39 is 0 Å². The highest BCUT2D eigenvalue weighted by atomic mass is 32.2. The van der Waals surface area contributed by atoms with E-state index in [1.165, 1.54) is 11.8 Å². The molecule has 1 amide bonds. The summed E-state index contributed by atoms with van der Waals surface area (Å²) < 4.78 is 2.02. The summed E-state index contributed by atoms with van der Waals surface area (Å²) >= 11 is 1.38. The summed E-state index contributed by atoms with van der Waals surface area (Å²) in [5, 5.41) is 13.3. The Labute approximate surface area is 167 Å². The minimum Gasteiger partial charge on any atom is -0.323 e. The van der Waals surface area contributed by atoms with E-state index in [4.69, 9.17) is 0 Å². The molecule has 2 aromatic carbocycles. The molecule has 0 unspecified atom stereocenters. The van der Waals surface area contributed by atoms with Crippen molar-refractivity contribution in [2.24, 2.45) is 0 Å². The molecule has 6 nitrogen and oxygen atoms in total. The van der Waals surface area contributed by atoms with Crippen LogP contribution < -0.4 is 5.32 Å². The van der Waals surface area contributed by atoms with Crippen LogP contribution in [0.1, 0.15) is 6.92 Å². The first-order valence-electron chi connectivity index (χ1n) is 9.01. The standard InChI is InChI=1S/C21H19N5OS/c1-2-26-20(16-8-4-3-5-9-16)24-25-21(26)28-14-18(27)23-17-12-6-10-15-11-7-13-22-19(15)17/h3-13H,2,14H2,1H3,(H,23,27). The molecular weight excluding hydrogens is 370 g/mol. The topological polar surface area (TPSA) is 72.7 Å². The van der Waals surface area contributed by atoms with Crippen molar-refractivity contribution < 1.29 is 4.79 Å². The van der Waals surface area contributed by atoms with Gasteiger partial charge in [0.05, 0.1) is 17.0 Å². The molecule has 0 bridgehead atoms. The molecule has 0 spiro atoms. The molecule has 4 rings (SSSR count). The molecule has 2 heterocycles. The molecule has 0 aliphatic rings. The Kier molecular flexibility index (Phi) is 5.34. The van der Waals surface area contributed by atoms with Gasteiger partial charge in [-0.1, -0.05) is 60.3 Å². The van der Waals surface area contributed by atoms with E-state index in [1.807, 2.05) is 72.2 Å². The molecule has 1 N–H and O–H groups in total. The van der Waals surface area contributed by atoms with Crippen LogP contribution in [0, 0.1) is 0 Å². The van der Waals surface area contributed by atoms with E-state index >= 15 is 0 Å². The second-order valence-corrected chi connectivity index (χ2v) is 7.08. The average molecular weight is 389 g/mol. The van der Waals surface area contributed by atoms with Gasteiger partial charge in [-0.2, -0.15) is 0 Å². The molecule has 0 fully saturated rings. The van der Waals surface area contributed by atoms with Gasteiger partial charge in [0.1, 0.15) is 0 Å². The molecule has 0 saturated heterocycles. The fourth-order valence-corrected chi connectivity index (χ4v) is 3.81. The quantitative estimate of drug-likeness (QED) is 0.499. The lowest BCUT2D eigenvalue weighted by atomic mass is 10.2. The first-order chi connectivity index (χ1) is 13.8. The van der Waals surface area contributed by atoms with Crippen molar-refractivity contribution in [3.05, 3.63) is 66.9 Å². The van der Waals surface area contributed by atoms with E-state index in [0.29, 0.717) is 5.69 Å². The summed E-state index contributed by atoms with van der Waals surface area (Å²) in [5.41, 5.74) is 2.51. The zero-order chi connectivity index (χ0) is 19.3. The summed E-state index contributed by atoms with van der Waals surface area (Å²) in [5.74, 6) is 0.954. The van der Waals surface area contributed by atoms with Crippen LogP contribution >= 0.6 is 11.8 Å². The predicted octanol–water partition coefficient (Wildman–Crippen LogP) is 4.24. The number of carbonyl (C=O) groups is 1.